The Morgan fingerprint density at radius 3 is 2.09 bits per heavy atom. The van der Waals surface area contributed by atoms with E-state index in [1.54, 1.807) is 0 Å². The molecule has 0 amide bonds. The lowest BCUT2D eigenvalue weighted by Gasteiger charge is -2.65. The number of Topliss-reactive ketones (excluding diaryl/α,β-unsaturated/α-hetero) is 2. The van der Waals surface area contributed by atoms with Crippen LogP contribution in [-0.4, -0.2) is 27.4 Å². The Morgan fingerprint density at radius 2 is 1.56 bits per heavy atom. The number of carbonyl (C=O) groups is 2. The van der Waals surface area contributed by atoms with Gasteiger partial charge in [0.25, 0.3) is 0 Å². The smallest absolute Gasteiger partial charge is 0.170 e. The topological polar surface area (TPSA) is 83.8 Å². The van der Waals surface area contributed by atoms with E-state index in [-0.39, 0.29) is 64.1 Å². The molecule has 0 aromatic heterocycles. The lowest BCUT2D eigenvalue weighted by atomic mass is 9.43. The van der Waals surface area contributed by atoms with Crippen molar-refractivity contribution in [1.29, 1.82) is 0 Å². The quantitative estimate of drug-likeness (QED) is 0.522. The van der Waals surface area contributed by atoms with Gasteiger partial charge in [0.15, 0.2) is 11.6 Å². The summed E-state index contributed by atoms with van der Waals surface area (Å²) in [6.45, 7) is 12.3. The lowest BCUT2D eigenvalue weighted by Crippen LogP contribution is -2.64. The number of ketones is 2. The van der Waals surface area contributed by atoms with Crippen LogP contribution in [-0.2, 0) is 6.42 Å². The highest BCUT2D eigenvalue weighted by atomic mass is 16.5. The Morgan fingerprint density at radius 1 is 0.969 bits per heavy atom. The monoisotopic (exact) mass is 442 g/mol. The van der Waals surface area contributed by atoms with Gasteiger partial charge in [-0.25, -0.2) is 0 Å². The van der Waals surface area contributed by atoms with Crippen LogP contribution in [0.2, 0.25) is 0 Å². The van der Waals surface area contributed by atoms with Gasteiger partial charge in [0.05, 0.1) is 0 Å². The third kappa shape index (κ3) is 3.43. The lowest BCUT2D eigenvalue weighted by molar-refractivity contribution is -0.195. The van der Waals surface area contributed by atoms with E-state index >= 15 is 0 Å². The molecule has 1 aliphatic heterocycles. The molecule has 4 aliphatic rings. The van der Waals surface area contributed by atoms with Gasteiger partial charge in [0, 0.05) is 24.3 Å². The van der Waals surface area contributed by atoms with Gasteiger partial charge in [-0.15, -0.1) is 0 Å². The summed E-state index contributed by atoms with van der Waals surface area (Å²) in [7, 11) is 0. The molecular formula is C27H38O5. The van der Waals surface area contributed by atoms with E-state index in [4.69, 9.17) is 4.74 Å². The van der Waals surface area contributed by atoms with Crippen LogP contribution in [0.5, 0.6) is 17.2 Å². The molecule has 0 saturated heterocycles. The van der Waals surface area contributed by atoms with Crippen molar-refractivity contribution >= 4 is 11.6 Å². The Bertz CT molecular complexity index is 956. The van der Waals surface area contributed by atoms with Gasteiger partial charge in [-0.3, -0.25) is 9.59 Å². The molecule has 3 atom stereocenters. The predicted molar refractivity (Wildman–Crippen MR) is 124 cm³/mol. The Hall–Kier alpha value is -2.04. The second-order valence-corrected chi connectivity index (χ2v) is 11.8. The number of phenolic OH excluding ortho intramolecular Hbond substituents is 2. The SMILES string of the molecule is CC(C)CC(=O)c1c(O)c2c(c(C(=O)CC(C)C)c1O)O[C@@]1(CC2)CC[C@H]2C[C@@H]1C2(C)C. The minimum absolute atomic E-state index is 0.0719. The van der Waals surface area contributed by atoms with Gasteiger partial charge in [-0.2, -0.15) is 0 Å². The second kappa shape index (κ2) is 7.78. The van der Waals surface area contributed by atoms with Gasteiger partial charge in [0.2, 0.25) is 0 Å². The molecule has 176 valence electrons. The number of benzene rings is 1. The standard InChI is InChI=1S/C27H38O5/c1-14(2)11-18(28)21-23(30)17-8-10-27(9-7-16-13-20(27)26(16,5)6)32-25(17)22(24(21)31)19(29)12-15(3)4/h14-16,20,30-31H,7-13H2,1-6H3/t16-,20+,27+/m0/s1. The fraction of sp³-hybridized carbons (Fsp3) is 0.704. The molecule has 0 unspecified atom stereocenters. The first kappa shape index (κ1) is 23.1. The van der Waals surface area contributed by atoms with Crippen molar-refractivity contribution in [2.24, 2.45) is 29.1 Å². The zero-order valence-electron chi connectivity index (χ0n) is 20.4. The number of rotatable bonds is 6. The first-order valence-electron chi connectivity index (χ1n) is 12.2. The van der Waals surface area contributed by atoms with E-state index < -0.39 is 5.75 Å². The summed E-state index contributed by atoms with van der Waals surface area (Å²) in [5.74, 6) is 0.408. The van der Waals surface area contributed by atoms with Crippen LogP contribution < -0.4 is 4.74 Å². The minimum Gasteiger partial charge on any atom is -0.507 e. The van der Waals surface area contributed by atoms with Crippen LogP contribution in [0.3, 0.4) is 0 Å². The van der Waals surface area contributed by atoms with E-state index in [2.05, 4.69) is 13.8 Å². The number of aromatic hydroxyl groups is 2. The van der Waals surface area contributed by atoms with Crippen molar-refractivity contribution in [1.82, 2.24) is 0 Å². The van der Waals surface area contributed by atoms with Crippen LogP contribution >= 0.6 is 0 Å². The number of phenols is 2. The maximum Gasteiger partial charge on any atom is 0.170 e. The molecule has 1 spiro atoms. The molecule has 3 saturated carbocycles. The second-order valence-electron chi connectivity index (χ2n) is 11.8. The van der Waals surface area contributed by atoms with E-state index in [0.717, 1.165) is 25.7 Å². The van der Waals surface area contributed by atoms with Crippen molar-refractivity contribution in [3.8, 4) is 17.2 Å². The van der Waals surface area contributed by atoms with E-state index in [1.807, 2.05) is 27.7 Å². The predicted octanol–water partition coefficient (Wildman–Crippen LogP) is 6.08. The molecule has 5 rings (SSSR count). The van der Waals surface area contributed by atoms with Gasteiger partial charge in [-0.05, 0) is 55.3 Å². The largest absolute Gasteiger partial charge is 0.507 e. The van der Waals surface area contributed by atoms with Crippen LogP contribution in [0.15, 0.2) is 0 Å². The van der Waals surface area contributed by atoms with Crippen LogP contribution in [0, 0.1) is 29.1 Å². The molecule has 32 heavy (non-hydrogen) atoms. The Kier molecular flexibility index (Phi) is 5.62. The number of ether oxygens (including phenoxy) is 1. The van der Waals surface area contributed by atoms with Gasteiger partial charge in [0.1, 0.15) is 34.0 Å². The number of carbonyl (C=O) groups excluding carboxylic acids is 2. The normalized spacial score (nSPS) is 27.8. The molecule has 1 heterocycles. The summed E-state index contributed by atoms with van der Waals surface area (Å²) >= 11 is 0. The minimum atomic E-state index is -0.406. The molecule has 2 N–H and O–H groups in total. The highest BCUT2D eigenvalue weighted by Crippen LogP contribution is 2.66. The first-order valence-corrected chi connectivity index (χ1v) is 12.2. The zero-order valence-corrected chi connectivity index (χ0v) is 20.4. The number of fused-ring (bicyclic) bond motifs is 2. The molecular weight excluding hydrogens is 404 g/mol. The molecule has 1 aromatic carbocycles. The average molecular weight is 443 g/mol. The summed E-state index contributed by atoms with van der Waals surface area (Å²) in [5.41, 5.74) is 0.302. The highest BCUT2D eigenvalue weighted by Gasteiger charge is 2.63. The van der Waals surface area contributed by atoms with Crippen molar-refractivity contribution in [3.63, 3.8) is 0 Å². The molecule has 2 bridgehead atoms. The molecule has 3 fully saturated rings. The maximum atomic E-state index is 13.3. The van der Waals surface area contributed by atoms with E-state index in [9.17, 15) is 19.8 Å². The molecule has 0 radical (unpaired) electrons. The van der Waals surface area contributed by atoms with E-state index in [0.29, 0.717) is 29.6 Å². The number of hydrogen-bond acceptors (Lipinski definition) is 5. The van der Waals surface area contributed by atoms with Gasteiger partial charge in [-0.1, -0.05) is 41.5 Å². The molecule has 3 aliphatic carbocycles. The zero-order chi connectivity index (χ0) is 23.6. The molecule has 5 heteroatoms. The van der Waals surface area contributed by atoms with Gasteiger partial charge < -0.3 is 14.9 Å². The Labute approximate surface area is 191 Å². The van der Waals surface area contributed by atoms with E-state index in [1.165, 1.54) is 0 Å². The fourth-order valence-corrected chi connectivity index (χ4v) is 6.57. The Balaban J connectivity index is 1.85. The summed E-state index contributed by atoms with van der Waals surface area (Å²) in [4.78, 5) is 26.3. The van der Waals surface area contributed by atoms with Crippen molar-refractivity contribution in [2.45, 2.75) is 92.1 Å². The number of hydrogen-bond donors (Lipinski definition) is 2. The van der Waals surface area contributed by atoms with Crippen molar-refractivity contribution in [3.05, 3.63) is 16.7 Å². The summed E-state index contributed by atoms with van der Waals surface area (Å²) in [6, 6.07) is 0. The van der Waals surface area contributed by atoms with Gasteiger partial charge >= 0.3 is 0 Å². The van der Waals surface area contributed by atoms with Crippen molar-refractivity contribution < 1.29 is 24.5 Å². The first-order chi connectivity index (χ1) is 14.9. The van der Waals surface area contributed by atoms with Crippen LogP contribution in [0.4, 0.5) is 0 Å². The summed E-state index contributed by atoms with van der Waals surface area (Å²) in [6.07, 6.45) is 4.89. The van der Waals surface area contributed by atoms with Crippen LogP contribution in [0.1, 0.15) is 106 Å². The third-order valence-electron chi connectivity index (χ3n) is 8.37. The maximum absolute atomic E-state index is 13.3. The van der Waals surface area contributed by atoms with Crippen LogP contribution in [0.25, 0.3) is 0 Å². The average Bonchev–Trinajstić information content (AvgIpc) is 2.66. The summed E-state index contributed by atoms with van der Waals surface area (Å²) < 4.78 is 6.71. The fourth-order valence-electron chi connectivity index (χ4n) is 6.57. The molecule has 1 aromatic rings. The summed E-state index contributed by atoms with van der Waals surface area (Å²) in [5, 5.41) is 22.3. The third-order valence-corrected chi connectivity index (χ3v) is 8.37. The molecule has 5 nitrogen and oxygen atoms in total. The highest BCUT2D eigenvalue weighted by molar-refractivity contribution is 6.09. The van der Waals surface area contributed by atoms with Crippen molar-refractivity contribution in [2.75, 3.05) is 0 Å².